The number of aliphatic hydroxyl groups is 5. The Morgan fingerprint density at radius 2 is 1.19 bits per heavy atom. The van der Waals surface area contributed by atoms with Crippen molar-refractivity contribution in [3.05, 3.63) is 0 Å². The molecule has 0 aromatic carbocycles. The molecule has 0 spiro atoms. The van der Waals surface area contributed by atoms with E-state index >= 15 is 0 Å². The maximum Gasteiger partial charge on any atom is 0.417 e. The number of aliphatic hydroxyl groups excluding tert-OH is 5. The van der Waals surface area contributed by atoms with Crippen LogP contribution in [0.4, 0.5) is 0 Å². The lowest BCUT2D eigenvalue weighted by atomic mass is 10.4. The van der Waals surface area contributed by atoms with E-state index in [0.29, 0.717) is 0 Å². The average Bonchev–Trinajstić information content (AvgIpc) is 2.67. The molecule has 0 saturated heterocycles. The van der Waals surface area contributed by atoms with Crippen LogP contribution < -0.4 is 0 Å². The summed E-state index contributed by atoms with van der Waals surface area (Å²) in [7, 11) is 3.46. The Kier molecular flexibility index (Phi) is 28.3. The number of hydrogen-bond donors (Lipinski definition) is 7. The highest BCUT2D eigenvalue weighted by Crippen LogP contribution is 1.88. The summed E-state index contributed by atoms with van der Waals surface area (Å²) in [6, 6.07) is 0. The van der Waals surface area contributed by atoms with Crippen molar-refractivity contribution in [3.63, 3.8) is 0 Å². The van der Waals surface area contributed by atoms with Crippen molar-refractivity contribution in [1.82, 2.24) is 0 Å². The Morgan fingerprint density at radius 3 is 1.41 bits per heavy atom. The molecular formula is C13H26O14. The first-order chi connectivity index (χ1) is 12.6. The zero-order chi connectivity index (χ0) is 22.4. The van der Waals surface area contributed by atoms with Crippen LogP contribution in [-0.4, -0.2) is 120 Å². The van der Waals surface area contributed by atoms with E-state index in [4.69, 9.17) is 45.3 Å². The van der Waals surface area contributed by atoms with Crippen LogP contribution in [0.1, 0.15) is 0 Å². The molecule has 0 aliphatic carbocycles. The van der Waals surface area contributed by atoms with Crippen LogP contribution in [0.2, 0.25) is 0 Å². The smallest absolute Gasteiger partial charge is 0.417 e. The fourth-order valence-corrected chi connectivity index (χ4v) is 0.612. The molecule has 0 aromatic heterocycles. The Morgan fingerprint density at radius 1 is 0.778 bits per heavy atom. The van der Waals surface area contributed by atoms with Gasteiger partial charge in [0.05, 0.1) is 26.9 Å². The molecule has 0 bridgehead atoms. The molecule has 14 heteroatoms. The fourth-order valence-electron chi connectivity index (χ4n) is 0.612. The number of carbonyl (C=O) groups is 4. The van der Waals surface area contributed by atoms with Crippen LogP contribution in [0.5, 0.6) is 0 Å². The van der Waals surface area contributed by atoms with E-state index < -0.39 is 36.1 Å². The number of aliphatic carboxylic acids is 2. The highest BCUT2D eigenvalue weighted by molar-refractivity contribution is 6.29. The maximum absolute atomic E-state index is 10.6. The lowest BCUT2D eigenvalue weighted by Gasteiger charge is -2.08. The normalized spacial score (nSPS) is 9.81. The minimum atomic E-state index is -1.82. The summed E-state index contributed by atoms with van der Waals surface area (Å²) in [6.07, 6.45) is -1.89. The molecule has 0 saturated carbocycles. The SMILES string of the molecule is CO.COCC(O)COC(=O)C(=O)OC.O=C(O)C(=O)O.OCC(O)CO. The number of esters is 2. The molecule has 0 rings (SSSR count). The zero-order valence-electron chi connectivity index (χ0n) is 15.0. The molecule has 1 unspecified atom stereocenters. The van der Waals surface area contributed by atoms with Crippen LogP contribution in [0, 0.1) is 0 Å². The van der Waals surface area contributed by atoms with Crippen molar-refractivity contribution in [2.75, 3.05) is 47.8 Å². The van der Waals surface area contributed by atoms with Crippen molar-refractivity contribution >= 4 is 23.9 Å². The second-order valence-corrected chi connectivity index (χ2v) is 3.83. The zero-order valence-corrected chi connectivity index (χ0v) is 15.0. The Hall–Kier alpha value is -2.36. The van der Waals surface area contributed by atoms with Gasteiger partial charge in [-0.3, -0.25) is 0 Å². The predicted octanol–water partition coefficient (Wildman–Crippen LogP) is -4.19. The summed E-state index contributed by atoms with van der Waals surface area (Å²) in [4.78, 5) is 39.3. The first-order valence-electron chi connectivity index (χ1n) is 6.79. The number of methoxy groups -OCH3 is 2. The third kappa shape index (κ3) is 28.7. The molecule has 0 radical (unpaired) electrons. The van der Waals surface area contributed by atoms with E-state index in [0.717, 1.165) is 14.2 Å². The first-order valence-corrected chi connectivity index (χ1v) is 6.79. The summed E-state index contributed by atoms with van der Waals surface area (Å²) in [5, 5.41) is 54.8. The van der Waals surface area contributed by atoms with Gasteiger partial charge in [-0.15, -0.1) is 0 Å². The summed E-state index contributed by atoms with van der Waals surface area (Å²) < 4.78 is 13.0. The lowest BCUT2D eigenvalue weighted by molar-refractivity contribution is -0.168. The van der Waals surface area contributed by atoms with Gasteiger partial charge in [0.25, 0.3) is 0 Å². The molecule has 14 nitrogen and oxygen atoms in total. The van der Waals surface area contributed by atoms with Crippen molar-refractivity contribution in [3.8, 4) is 0 Å². The molecular weight excluding hydrogens is 380 g/mol. The molecule has 162 valence electrons. The molecule has 0 aliphatic rings. The average molecular weight is 406 g/mol. The molecule has 0 amide bonds. The van der Waals surface area contributed by atoms with E-state index in [1.807, 2.05) is 0 Å². The molecule has 0 aliphatic heterocycles. The van der Waals surface area contributed by atoms with Gasteiger partial charge in [-0.1, -0.05) is 0 Å². The Bertz CT molecular complexity index is 380. The van der Waals surface area contributed by atoms with Crippen molar-refractivity contribution in [2.45, 2.75) is 12.2 Å². The first kappa shape index (κ1) is 32.3. The van der Waals surface area contributed by atoms with Crippen LogP contribution in [0.15, 0.2) is 0 Å². The van der Waals surface area contributed by atoms with Gasteiger partial charge < -0.3 is 50.0 Å². The van der Waals surface area contributed by atoms with E-state index in [-0.39, 0.29) is 26.4 Å². The fraction of sp³-hybridized carbons (Fsp3) is 0.692. The van der Waals surface area contributed by atoms with Gasteiger partial charge in [-0.05, 0) is 0 Å². The van der Waals surface area contributed by atoms with Crippen LogP contribution in [-0.2, 0) is 33.4 Å². The minimum absolute atomic E-state index is 0.0362. The van der Waals surface area contributed by atoms with Gasteiger partial charge in [-0.25, -0.2) is 19.2 Å². The number of carbonyl (C=O) groups excluding carboxylic acids is 2. The second kappa shape index (κ2) is 23.6. The third-order valence-corrected chi connectivity index (χ3v) is 1.72. The maximum atomic E-state index is 10.6. The molecule has 7 N–H and O–H groups in total. The van der Waals surface area contributed by atoms with Gasteiger partial charge >= 0.3 is 23.9 Å². The van der Waals surface area contributed by atoms with Gasteiger partial charge in [0, 0.05) is 14.2 Å². The Balaban J connectivity index is -0.000000158. The van der Waals surface area contributed by atoms with Crippen LogP contribution >= 0.6 is 0 Å². The number of carboxylic acids is 2. The number of carboxylic acid groups (broad SMARTS) is 2. The number of ether oxygens (including phenoxy) is 3. The molecule has 0 aromatic rings. The molecule has 1 atom stereocenters. The Labute approximate surface area is 154 Å². The summed E-state index contributed by atoms with van der Waals surface area (Å²) >= 11 is 0. The lowest BCUT2D eigenvalue weighted by Crippen LogP contribution is -2.27. The van der Waals surface area contributed by atoms with Crippen molar-refractivity contribution < 1.29 is 69.1 Å². The third-order valence-electron chi connectivity index (χ3n) is 1.72. The van der Waals surface area contributed by atoms with Crippen LogP contribution in [0.3, 0.4) is 0 Å². The second-order valence-electron chi connectivity index (χ2n) is 3.83. The van der Waals surface area contributed by atoms with Crippen LogP contribution in [0.25, 0.3) is 0 Å². The standard InChI is InChI=1S/C7H12O6.C3H8O3.C2H2O4.CH4O/c1-11-3-5(8)4-13-7(10)6(9)12-2;4-1-3(6)2-5;3-1(4)2(5)6;1-2/h5,8H,3-4H2,1-2H3;3-6H,1-2H2;(H,3,4)(H,5,6);2H,1H3. The number of hydrogen-bond acceptors (Lipinski definition) is 12. The predicted molar refractivity (Wildman–Crippen MR) is 84.5 cm³/mol. The van der Waals surface area contributed by atoms with Gasteiger partial charge in [0.1, 0.15) is 18.8 Å². The van der Waals surface area contributed by atoms with Gasteiger partial charge in [-0.2, -0.15) is 0 Å². The van der Waals surface area contributed by atoms with E-state index in [2.05, 4.69) is 14.2 Å². The van der Waals surface area contributed by atoms with E-state index in [9.17, 15) is 9.59 Å². The monoisotopic (exact) mass is 406 g/mol. The number of rotatable bonds is 6. The van der Waals surface area contributed by atoms with E-state index in [1.165, 1.54) is 7.11 Å². The van der Waals surface area contributed by atoms with E-state index in [1.54, 1.807) is 0 Å². The summed E-state index contributed by atoms with van der Waals surface area (Å²) in [5.74, 6) is -5.87. The van der Waals surface area contributed by atoms with Crippen molar-refractivity contribution in [1.29, 1.82) is 0 Å². The molecule has 0 heterocycles. The summed E-state index contributed by atoms with van der Waals surface area (Å²) in [5.41, 5.74) is 0. The highest BCUT2D eigenvalue weighted by atomic mass is 16.6. The highest BCUT2D eigenvalue weighted by Gasteiger charge is 2.17. The minimum Gasteiger partial charge on any atom is -0.473 e. The van der Waals surface area contributed by atoms with Gasteiger partial charge in [0.2, 0.25) is 0 Å². The summed E-state index contributed by atoms with van der Waals surface area (Å²) in [6.45, 7) is -0.983. The molecule has 0 fully saturated rings. The largest absolute Gasteiger partial charge is 0.473 e. The van der Waals surface area contributed by atoms with Crippen molar-refractivity contribution in [2.24, 2.45) is 0 Å². The topological polar surface area (TPSA) is 238 Å². The van der Waals surface area contributed by atoms with Gasteiger partial charge in [0.15, 0.2) is 0 Å². The quantitative estimate of drug-likeness (QED) is 0.163. The molecule has 27 heavy (non-hydrogen) atoms.